The van der Waals surface area contributed by atoms with Gasteiger partial charge in [0.1, 0.15) is 6.54 Å². The fourth-order valence-electron chi connectivity index (χ4n) is 2.01. The van der Waals surface area contributed by atoms with Gasteiger partial charge in [0, 0.05) is 23.2 Å². The molecule has 1 fully saturated rings. The van der Waals surface area contributed by atoms with E-state index in [0.717, 1.165) is 9.37 Å². The van der Waals surface area contributed by atoms with Gasteiger partial charge in [-0.2, -0.15) is 13.2 Å². The number of amides is 2. The van der Waals surface area contributed by atoms with Gasteiger partial charge >= 0.3 is 12.2 Å². The highest BCUT2D eigenvalue weighted by atomic mass is 79.9. The molecule has 1 heterocycles. The number of halogens is 4. The first kappa shape index (κ1) is 14.2. The predicted molar refractivity (Wildman–Crippen MR) is 69.1 cm³/mol. The summed E-state index contributed by atoms with van der Waals surface area (Å²) >= 11 is 3.27. The van der Waals surface area contributed by atoms with Crippen LogP contribution in [0.15, 0.2) is 28.7 Å². The van der Waals surface area contributed by atoms with E-state index in [1.54, 1.807) is 24.3 Å². The normalized spacial score (nSPS) is 16.9. The molecule has 19 heavy (non-hydrogen) atoms. The molecular weight excluding hydrogens is 325 g/mol. The molecule has 0 N–H and O–H groups in total. The van der Waals surface area contributed by atoms with Crippen LogP contribution in [0.4, 0.5) is 23.7 Å². The average Bonchev–Trinajstić information content (AvgIpc) is 2.32. The Morgan fingerprint density at radius 1 is 1.16 bits per heavy atom. The zero-order valence-electron chi connectivity index (χ0n) is 9.95. The maximum atomic E-state index is 12.4. The summed E-state index contributed by atoms with van der Waals surface area (Å²) in [6.07, 6.45) is -3.84. The molecule has 1 aromatic carbocycles. The highest BCUT2D eigenvalue weighted by Crippen LogP contribution is 2.24. The van der Waals surface area contributed by atoms with Gasteiger partial charge in [0.2, 0.25) is 0 Å². The lowest BCUT2D eigenvalue weighted by molar-refractivity contribution is -0.140. The third kappa shape index (κ3) is 3.62. The van der Waals surface area contributed by atoms with Crippen molar-refractivity contribution in [2.75, 3.05) is 24.5 Å². The third-order valence-corrected chi connectivity index (χ3v) is 3.35. The van der Waals surface area contributed by atoms with Crippen molar-refractivity contribution in [3.8, 4) is 0 Å². The number of hydrogen-bond acceptors (Lipinski definition) is 1. The first-order valence-electron chi connectivity index (χ1n) is 5.75. The summed E-state index contributed by atoms with van der Waals surface area (Å²) < 4.78 is 38.0. The van der Waals surface area contributed by atoms with Crippen molar-refractivity contribution in [2.45, 2.75) is 12.6 Å². The van der Waals surface area contributed by atoms with Gasteiger partial charge in [0.25, 0.3) is 0 Å². The van der Waals surface area contributed by atoms with E-state index in [9.17, 15) is 18.0 Å². The van der Waals surface area contributed by atoms with Gasteiger partial charge < -0.3 is 4.90 Å². The molecule has 1 saturated heterocycles. The fraction of sp³-hybridized carbons (Fsp3) is 0.417. The number of hydrogen-bond donors (Lipinski definition) is 0. The number of anilines is 1. The monoisotopic (exact) mass is 336 g/mol. The maximum absolute atomic E-state index is 12.4. The number of carbonyl (C=O) groups is 1. The summed E-state index contributed by atoms with van der Waals surface area (Å²) in [5.74, 6) is 0. The summed E-state index contributed by atoms with van der Waals surface area (Å²) in [6.45, 7) is -0.612. The van der Waals surface area contributed by atoms with Crippen LogP contribution in [-0.4, -0.2) is 36.7 Å². The first-order valence-corrected chi connectivity index (χ1v) is 6.55. The minimum Gasteiger partial charge on any atom is -0.315 e. The lowest BCUT2D eigenvalue weighted by atomic mass is 10.2. The fourth-order valence-corrected chi connectivity index (χ4v) is 2.27. The Morgan fingerprint density at radius 3 is 2.37 bits per heavy atom. The predicted octanol–water partition coefficient (Wildman–Crippen LogP) is 3.64. The molecule has 0 radical (unpaired) electrons. The van der Waals surface area contributed by atoms with E-state index in [4.69, 9.17) is 0 Å². The maximum Gasteiger partial charge on any atom is 0.406 e. The van der Waals surface area contributed by atoms with Crippen LogP contribution in [0.1, 0.15) is 6.42 Å². The van der Waals surface area contributed by atoms with Crippen LogP contribution >= 0.6 is 15.9 Å². The lowest BCUT2D eigenvalue weighted by Gasteiger charge is -2.35. The molecule has 104 valence electrons. The van der Waals surface area contributed by atoms with E-state index in [1.165, 1.54) is 4.90 Å². The number of urea groups is 1. The molecular formula is C12H12BrF3N2O. The smallest absolute Gasteiger partial charge is 0.315 e. The van der Waals surface area contributed by atoms with Crippen LogP contribution in [0.2, 0.25) is 0 Å². The van der Waals surface area contributed by atoms with Crippen LogP contribution < -0.4 is 4.90 Å². The summed E-state index contributed by atoms with van der Waals surface area (Å²) in [7, 11) is 0. The molecule has 1 aliphatic heterocycles. The number of alkyl halides is 3. The lowest BCUT2D eigenvalue weighted by Crippen LogP contribution is -2.52. The number of rotatable bonds is 2. The first-order chi connectivity index (χ1) is 8.87. The summed E-state index contributed by atoms with van der Waals surface area (Å²) in [5, 5.41) is 0. The molecule has 1 aromatic rings. The van der Waals surface area contributed by atoms with Crippen LogP contribution in [-0.2, 0) is 0 Å². The second-order valence-corrected chi connectivity index (χ2v) is 5.22. The summed E-state index contributed by atoms with van der Waals surface area (Å²) in [4.78, 5) is 14.2. The van der Waals surface area contributed by atoms with Gasteiger partial charge in [-0.05, 0) is 30.7 Å². The summed E-state index contributed by atoms with van der Waals surface area (Å²) in [6, 6.07) is 6.33. The van der Waals surface area contributed by atoms with Gasteiger partial charge in [0.15, 0.2) is 0 Å². The largest absolute Gasteiger partial charge is 0.406 e. The van der Waals surface area contributed by atoms with Crippen LogP contribution in [0, 0.1) is 0 Å². The molecule has 0 atom stereocenters. The van der Waals surface area contributed by atoms with Crippen LogP contribution in [0.5, 0.6) is 0 Å². The molecule has 0 aliphatic carbocycles. The van der Waals surface area contributed by atoms with Gasteiger partial charge in [-0.15, -0.1) is 0 Å². The van der Waals surface area contributed by atoms with Gasteiger partial charge in [-0.1, -0.05) is 15.9 Å². The Labute approximate surface area is 117 Å². The summed E-state index contributed by atoms with van der Waals surface area (Å²) in [5.41, 5.74) is 0.611. The van der Waals surface area contributed by atoms with Crippen LogP contribution in [0.3, 0.4) is 0 Å². The average molecular weight is 337 g/mol. The SMILES string of the molecule is O=C1N(CC(F)(F)F)CCCN1c1ccc(Br)cc1. The van der Waals surface area contributed by atoms with E-state index in [1.807, 2.05) is 0 Å². The molecule has 0 unspecified atom stereocenters. The second-order valence-electron chi connectivity index (χ2n) is 4.30. The van der Waals surface area contributed by atoms with Gasteiger partial charge in [0.05, 0.1) is 0 Å². The van der Waals surface area contributed by atoms with Crippen molar-refractivity contribution in [1.29, 1.82) is 0 Å². The van der Waals surface area contributed by atoms with Crippen molar-refractivity contribution >= 4 is 27.6 Å². The minimum atomic E-state index is -4.36. The molecule has 0 bridgehead atoms. The quantitative estimate of drug-likeness (QED) is 0.808. The third-order valence-electron chi connectivity index (χ3n) is 2.82. The van der Waals surface area contributed by atoms with Gasteiger partial charge in [-0.25, -0.2) is 4.79 Å². The topological polar surface area (TPSA) is 23.6 Å². The molecule has 0 spiro atoms. The number of carbonyl (C=O) groups excluding carboxylic acids is 1. The Balaban J connectivity index is 2.14. The molecule has 0 aromatic heterocycles. The Kier molecular flexibility index (Phi) is 4.03. The Bertz CT molecular complexity index is 461. The van der Waals surface area contributed by atoms with E-state index in [0.29, 0.717) is 18.7 Å². The van der Waals surface area contributed by atoms with E-state index >= 15 is 0 Å². The van der Waals surface area contributed by atoms with Crippen molar-refractivity contribution in [2.24, 2.45) is 0 Å². The molecule has 2 amide bonds. The van der Waals surface area contributed by atoms with Crippen LogP contribution in [0.25, 0.3) is 0 Å². The van der Waals surface area contributed by atoms with Crippen molar-refractivity contribution < 1.29 is 18.0 Å². The molecule has 7 heteroatoms. The zero-order valence-corrected chi connectivity index (χ0v) is 11.5. The Morgan fingerprint density at radius 2 is 1.79 bits per heavy atom. The van der Waals surface area contributed by atoms with E-state index in [2.05, 4.69) is 15.9 Å². The number of benzene rings is 1. The zero-order chi connectivity index (χ0) is 14.0. The second kappa shape index (κ2) is 5.40. The highest BCUT2D eigenvalue weighted by molar-refractivity contribution is 9.10. The van der Waals surface area contributed by atoms with E-state index < -0.39 is 18.8 Å². The molecule has 1 aliphatic rings. The van der Waals surface area contributed by atoms with E-state index in [-0.39, 0.29) is 6.54 Å². The molecule has 0 saturated carbocycles. The molecule has 2 rings (SSSR count). The van der Waals surface area contributed by atoms with Crippen molar-refractivity contribution in [3.05, 3.63) is 28.7 Å². The molecule has 3 nitrogen and oxygen atoms in total. The standard InChI is InChI=1S/C12H12BrF3N2O/c13-9-2-4-10(5-3-9)18-7-1-6-17(11(18)19)8-12(14,15)16/h2-5H,1,6-8H2. The Hall–Kier alpha value is -1.24. The van der Waals surface area contributed by atoms with Gasteiger partial charge in [-0.3, -0.25) is 4.90 Å². The highest BCUT2D eigenvalue weighted by Gasteiger charge is 2.36. The minimum absolute atomic E-state index is 0.144. The van der Waals surface area contributed by atoms with Crippen molar-refractivity contribution in [3.63, 3.8) is 0 Å². The number of nitrogens with zero attached hydrogens (tertiary/aromatic N) is 2. The van der Waals surface area contributed by atoms with Crippen molar-refractivity contribution in [1.82, 2.24) is 4.90 Å².